The maximum absolute atomic E-state index is 9.87. The molecule has 0 radical (unpaired) electrons. The molecule has 0 aliphatic carbocycles. The highest BCUT2D eigenvalue weighted by atomic mass is 16.4. The van der Waals surface area contributed by atoms with E-state index in [0.29, 0.717) is 0 Å². The summed E-state index contributed by atoms with van der Waals surface area (Å²) in [6.45, 7) is 3.73. The Morgan fingerprint density at radius 3 is 0.429 bits per heavy atom. The van der Waals surface area contributed by atoms with Crippen molar-refractivity contribution >= 4 is 59.1 Å². The predicted octanol–water partition coefficient (Wildman–Crippen LogP) is -0.758. The van der Waals surface area contributed by atoms with Gasteiger partial charge in [-0.15, -0.1) is 0 Å². The third-order valence-electron chi connectivity index (χ3n) is 1.81. The average molecular weight is 514 g/mol. The van der Waals surface area contributed by atoms with Crippen molar-refractivity contribution < 1.29 is 83.7 Å². The van der Waals surface area contributed by atoms with E-state index in [9.17, 15) is 47.9 Å². The van der Waals surface area contributed by atoms with Gasteiger partial charge in [0.1, 0.15) is 49.5 Å². The topological polar surface area (TPSA) is 312 Å². The van der Waals surface area contributed by atoms with Crippen molar-refractivity contribution in [3.8, 4) is 0 Å². The molecule has 0 aromatic rings. The molecule has 0 rings (SSSR count). The van der Waals surface area contributed by atoms with Crippen molar-refractivity contribution in [1.82, 2.24) is 0 Å². The molecule has 0 heterocycles. The van der Waals surface area contributed by atoms with Crippen LogP contribution in [-0.4, -0.2) is 94.9 Å². The van der Waals surface area contributed by atoms with Gasteiger partial charge in [0.25, 0.3) is 0 Å². The predicted molar refractivity (Wildman–Crippen MR) is 109 cm³/mol. The number of Topliss-reactive ketones (excluding diaryl/α,β-unsaturated/α-hetero) is 3. The van der Waals surface area contributed by atoms with Gasteiger partial charge in [-0.2, -0.15) is 0 Å². The highest BCUT2D eigenvalue weighted by Gasteiger charge is 2.02. The van der Waals surface area contributed by atoms with Crippen LogP contribution in [0.15, 0.2) is 0 Å². The van der Waals surface area contributed by atoms with E-state index in [0.717, 1.165) is 0 Å². The minimum Gasteiger partial charge on any atom is -0.481 e. The summed E-state index contributed by atoms with van der Waals surface area (Å²) in [5.41, 5.74) is 0. The lowest BCUT2D eigenvalue weighted by Crippen LogP contribution is -2.03. The Hall–Kier alpha value is -4.70. The fourth-order valence-electron chi connectivity index (χ4n) is 0.898. The monoisotopic (exact) mass is 514 g/mol. The lowest BCUT2D eigenvalue weighted by atomic mass is 10.3. The molecular weight excluding hydrogens is 488 g/mol. The Morgan fingerprint density at radius 1 is 0.314 bits per heavy atom. The molecule has 0 saturated carbocycles. The van der Waals surface area contributed by atoms with Crippen molar-refractivity contribution in [2.45, 2.75) is 52.9 Å². The van der Waals surface area contributed by atoms with Crippen molar-refractivity contribution in [3.63, 3.8) is 0 Å². The number of ketones is 3. The summed E-state index contributed by atoms with van der Waals surface area (Å²) in [4.78, 5) is 96.1. The SMILES string of the molecule is CC(=O)CC(=O)O.CC(=O)CC(=O)O.CC(=O)CC(=O)O.O=C(O)CC(=O)O.O=C(O)CC(=O)O. The molecular formula is C18H26O17. The van der Waals surface area contributed by atoms with E-state index in [4.69, 9.17) is 35.7 Å². The largest absolute Gasteiger partial charge is 0.481 e. The molecule has 200 valence electrons. The lowest BCUT2D eigenvalue weighted by molar-refractivity contribution is -0.149. The maximum atomic E-state index is 9.87. The van der Waals surface area contributed by atoms with Crippen LogP contribution in [0, 0.1) is 0 Å². The highest BCUT2D eigenvalue weighted by Crippen LogP contribution is 1.79. The molecule has 0 aromatic carbocycles. The number of carboxylic acid groups (broad SMARTS) is 7. The fraction of sp³-hybridized carbons (Fsp3) is 0.444. The number of rotatable bonds is 10. The normalized spacial score (nSPS) is 8.09. The third-order valence-corrected chi connectivity index (χ3v) is 1.81. The van der Waals surface area contributed by atoms with E-state index in [1.165, 1.54) is 20.8 Å². The van der Waals surface area contributed by atoms with Crippen molar-refractivity contribution in [3.05, 3.63) is 0 Å². The van der Waals surface area contributed by atoms with Crippen molar-refractivity contribution in [2.75, 3.05) is 0 Å². The zero-order chi connectivity index (χ0) is 29.3. The standard InChI is InChI=1S/3C4H6O3.2C3H4O4/c3*1-3(5)2-4(6)7;2*4-2(5)1-3(6)7/h3*2H2,1H3,(H,6,7);2*1H2,(H,4,5)(H,6,7). The van der Waals surface area contributed by atoms with E-state index >= 15 is 0 Å². The molecule has 17 heteroatoms. The molecule has 0 atom stereocenters. The highest BCUT2D eigenvalue weighted by molar-refractivity contribution is 5.94. The quantitative estimate of drug-likeness (QED) is 0.176. The Kier molecular flexibility index (Phi) is 29.7. The Bertz CT molecular complexity index is 567. The minimum absolute atomic E-state index is 0.312. The molecule has 0 aliphatic rings. The van der Waals surface area contributed by atoms with Crippen molar-refractivity contribution in [1.29, 1.82) is 0 Å². The Balaban J connectivity index is -0.000000107. The van der Waals surface area contributed by atoms with Gasteiger partial charge < -0.3 is 35.7 Å². The Labute approximate surface area is 196 Å². The first kappa shape index (κ1) is 40.6. The second kappa shape index (κ2) is 25.6. The van der Waals surface area contributed by atoms with E-state index in [1.54, 1.807) is 0 Å². The van der Waals surface area contributed by atoms with E-state index in [2.05, 4.69) is 0 Å². The van der Waals surface area contributed by atoms with Gasteiger partial charge in [0.15, 0.2) is 0 Å². The summed E-state index contributed by atoms with van der Waals surface area (Å²) in [7, 11) is 0. The number of carbonyl (C=O) groups excluding carboxylic acids is 3. The van der Waals surface area contributed by atoms with E-state index in [-0.39, 0.29) is 36.6 Å². The molecule has 0 aliphatic heterocycles. The summed E-state index contributed by atoms with van der Waals surface area (Å²) < 4.78 is 0. The molecule has 7 N–H and O–H groups in total. The second-order valence-electron chi connectivity index (χ2n) is 5.75. The fourth-order valence-corrected chi connectivity index (χ4v) is 0.898. The van der Waals surface area contributed by atoms with Crippen LogP contribution in [0.5, 0.6) is 0 Å². The van der Waals surface area contributed by atoms with Gasteiger partial charge in [0.05, 0.1) is 0 Å². The molecule has 0 aromatic heterocycles. The van der Waals surface area contributed by atoms with Gasteiger partial charge in [0.2, 0.25) is 0 Å². The van der Waals surface area contributed by atoms with Crippen LogP contribution in [0.2, 0.25) is 0 Å². The molecule has 0 unspecified atom stereocenters. The van der Waals surface area contributed by atoms with Crippen LogP contribution in [-0.2, 0) is 47.9 Å². The molecule has 0 saturated heterocycles. The van der Waals surface area contributed by atoms with E-state index < -0.39 is 54.6 Å². The van der Waals surface area contributed by atoms with Crippen LogP contribution in [0.3, 0.4) is 0 Å². The van der Waals surface area contributed by atoms with Gasteiger partial charge >= 0.3 is 41.8 Å². The molecule has 17 nitrogen and oxygen atoms in total. The summed E-state index contributed by atoms with van der Waals surface area (Å²) in [6, 6.07) is 0. The van der Waals surface area contributed by atoms with Crippen LogP contribution in [0.4, 0.5) is 0 Å². The smallest absolute Gasteiger partial charge is 0.314 e. The van der Waals surface area contributed by atoms with Crippen LogP contribution < -0.4 is 0 Å². The first-order chi connectivity index (χ1) is 15.6. The molecule has 35 heavy (non-hydrogen) atoms. The summed E-state index contributed by atoms with van der Waals surface area (Å²) in [5.74, 6) is -9.37. The number of aliphatic carboxylic acids is 7. The van der Waals surface area contributed by atoms with Gasteiger partial charge in [0, 0.05) is 0 Å². The van der Waals surface area contributed by atoms with Gasteiger partial charge in [-0.05, 0) is 20.8 Å². The summed E-state index contributed by atoms with van der Waals surface area (Å²) in [5, 5.41) is 54.4. The van der Waals surface area contributed by atoms with Crippen LogP contribution >= 0.6 is 0 Å². The first-order valence-electron chi connectivity index (χ1n) is 8.64. The summed E-state index contributed by atoms with van der Waals surface area (Å²) in [6.07, 6.45) is -2.69. The average Bonchev–Trinajstić information content (AvgIpc) is 2.49. The van der Waals surface area contributed by atoms with Gasteiger partial charge in [-0.3, -0.25) is 47.9 Å². The maximum Gasteiger partial charge on any atom is 0.314 e. The lowest BCUT2D eigenvalue weighted by Gasteiger charge is -1.80. The number of hydrogen-bond acceptors (Lipinski definition) is 10. The first-order valence-corrected chi connectivity index (χ1v) is 8.64. The number of hydrogen-bond donors (Lipinski definition) is 7. The van der Waals surface area contributed by atoms with E-state index in [1.807, 2.05) is 0 Å². The molecule has 0 bridgehead atoms. The van der Waals surface area contributed by atoms with Gasteiger partial charge in [-0.1, -0.05) is 0 Å². The minimum atomic E-state index is -1.31. The molecule has 0 amide bonds. The van der Waals surface area contributed by atoms with Gasteiger partial charge in [-0.25, -0.2) is 0 Å². The molecule has 0 spiro atoms. The van der Waals surface area contributed by atoms with Crippen molar-refractivity contribution in [2.24, 2.45) is 0 Å². The zero-order valence-electron chi connectivity index (χ0n) is 18.7. The number of carboxylic acids is 7. The number of carbonyl (C=O) groups is 10. The summed E-state index contributed by atoms with van der Waals surface area (Å²) >= 11 is 0. The second-order valence-corrected chi connectivity index (χ2v) is 5.75. The van der Waals surface area contributed by atoms with Crippen LogP contribution in [0.25, 0.3) is 0 Å². The third kappa shape index (κ3) is 93.3. The Morgan fingerprint density at radius 2 is 0.429 bits per heavy atom. The van der Waals surface area contributed by atoms with Crippen LogP contribution in [0.1, 0.15) is 52.9 Å². The molecule has 0 fully saturated rings. The zero-order valence-corrected chi connectivity index (χ0v) is 18.7.